The summed E-state index contributed by atoms with van der Waals surface area (Å²) in [5.74, 6) is 0.566. The van der Waals surface area contributed by atoms with Crippen LogP contribution in [0.3, 0.4) is 0 Å². The average Bonchev–Trinajstić information content (AvgIpc) is 2.89. The molecule has 1 aliphatic heterocycles. The Bertz CT molecular complexity index is 469. The summed E-state index contributed by atoms with van der Waals surface area (Å²) in [6.45, 7) is 5.92. The fraction of sp³-hybridized carbons (Fsp3) is 0.571. The molecule has 0 spiro atoms. The second-order valence-electron chi connectivity index (χ2n) is 5.11. The van der Waals surface area contributed by atoms with Gasteiger partial charge in [0, 0.05) is 0 Å². The molecule has 2 unspecified atom stereocenters. The molecule has 104 valence electrons. The highest BCUT2D eigenvalue weighted by molar-refractivity contribution is 5.99. The maximum Gasteiger partial charge on any atom is 0.249 e. The van der Waals surface area contributed by atoms with Gasteiger partial charge in [0.2, 0.25) is 11.8 Å². The van der Waals surface area contributed by atoms with Gasteiger partial charge in [0.15, 0.2) is 0 Å². The first kappa shape index (κ1) is 13.6. The summed E-state index contributed by atoms with van der Waals surface area (Å²) in [4.78, 5) is 26.4. The summed E-state index contributed by atoms with van der Waals surface area (Å²) in [5, 5.41) is 2.84. The Balaban J connectivity index is 2.29. The van der Waals surface area contributed by atoms with Crippen LogP contribution in [0, 0.1) is 0 Å². The van der Waals surface area contributed by atoms with Gasteiger partial charge in [0.05, 0.1) is 12.8 Å². The number of rotatable bonds is 4. The Kier molecular flexibility index (Phi) is 3.64. The van der Waals surface area contributed by atoms with Crippen LogP contribution in [0.2, 0.25) is 0 Å². The first-order valence-corrected chi connectivity index (χ1v) is 6.67. The van der Waals surface area contributed by atoms with E-state index >= 15 is 0 Å². The number of piperazine rings is 1. The molecule has 2 rings (SSSR count). The van der Waals surface area contributed by atoms with Crippen molar-refractivity contribution in [3.8, 4) is 0 Å². The van der Waals surface area contributed by atoms with E-state index in [9.17, 15) is 9.59 Å². The largest absolute Gasteiger partial charge is 0.467 e. The van der Waals surface area contributed by atoms with Gasteiger partial charge in [-0.2, -0.15) is 0 Å². The van der Waals surface area contributed by atoms with Crippen molar-refractivity contribution in [1.82, 2.24) is 10.2 Å². The molecule has 0 aliphatic carbocycles. The van der Waals surface area contributed by atoms with Crippen molar-refractivity contribution in [3.05, 3.63) is 24.2 Å². The summed E-state index contributed by atoms with van der Waals surface area (Å²) in [5.41, 5.74) is -0.810. The van der Waals surface area contributed by atoms with Crippen molar-refractivity contribution in [2.75, 3.05) is 0 Å². The van der Waals surface area contributed by atoms with E-state index in [-0.39, 0.29) is 11.8 Å². The third kappa shape index (κ3) is 2.37. The molecular formula is C14H20N2O3. The average molecular weight is 264 g/mol. The summed E-state index contributed by atoms with van der Waals surface area (Å²) in [6, 6.07) is 3.18. The molecule has 0 bridgehead atoms. The Labute approximate surface area is 113 Å². The van der Waals surface area contributed by atoms with Crippen LogP contribution in [0.25, 0.3) is 0 Å². The lowest BCUT2D eigenvalue weighted by atomic mass is 9.91. The highest BCUT2D eigenvalue weighted by atomic mass is 16.3. The van der Waals surface area contributed by atoms with Gasteiger partial charge >= 0.3 is 0 Å². The van der Waals surface area contributed by atoms with Crippen LogP contribution in [-0.4, -0.2) is 28.3 Å². The van der Waals surface area contributed by atoms with E-state index in [2.05, 4.69) is 5.32 Å². The lowest BCUT2D eigenvalue weighted by molar-refractivity contribution is -0.155. The Morgan fingerprint density at radius 2 is 2.16 bits per heavy atom. The lowest BCUT2D eigenvalue weighted by Gasteiger charge is -2.43. The van der Waals surface area contributed by atoms with E-state index < -0.39 is 11.6 Å². The topological polar surface area (TPSA) is 62.6 Å². The second kappa shape index (κ2) is 5.07. The minimum atomic E-state index is -0.810. The lowest BCUT2D eigenvalue weighted by Crippen LogP contribution is -2.68. The van der Waals surface area contributed by atoms with Crippen molar-refractivity contribution in [2.24, 2.45) is 0 Å². The van der Waals surface area contributed by atoms with Crippen LogP contribution >= 0.6 is 0 Å². The molecule has 1 saturated heterocycles. The SMILES string of the molecule is CCC1C(=O)NC(C)(CC)C(=O)N1Cc1ccco1. The standard InChI is InChI=1S/C14H20N2O3/c1-4-11-12(17)15-14(3,5-2)13(18)16(11)9-10-7-6-8-19-10/h6-8,11H,4-5,9H2,1-3H3,(H,15,17). The van der Waals surface area contributed by atoms with Crippen molar-refractivity contribution >= 4 is 11.8 Å². The van der Waals surface area contributed by atoms with E-state index in [1.165, 1.54) is 0 Å². The maximum atomic E-state index is 12.6. The molecule has 0 aromatic carbocycles. The monoisotopic (exact) mass is 264 g/mol. The summed E-state index contributed by atoms with van der Waals surface area (Å²) in [7, 11) is 0. The predicted molar refractivity (Wildman–Crippen MR) is 70.2 cm³/mol. The van der Waals surface area contributed by atoms with E-state index in [0.29, 0.717) is 25.1 Å². The number of amides is 2. The number of hydrogen-bond donors (Lipinski definition) is 1. The number of hydrogen-bond acceptors (Lipinski definition) is 3. The minimum absolute atomic E-state index is 0.0437. The van der Waals surface area contributed by atoms with E-state index in [0.717, 1.165) is 0 Å². The molecule has 5 nitrogen and oxygen atoms in total. The van der Waals surface area contributed by atoms with E-state index in [4.69, 9.17) is 4.42 Å². The molecule has 0 radical (unpaired) electrons. The smallest absolute Gasteiger partial charge is 0.249 e. The Morgan fingerprint density at radius 3 is 2.68 bits per heavy atom. The highest BCUT2D eigenvalue weighted by Gasteiger charge is 2.46. The van der Waals surface area contributed by atoms with Crippen molar-refractivity contribution in [1.29, 1.82) is 0 Å². The van der Waals surface area contributed by atoms with Crippen LogP contribution < -0.4 is 5.32 Å². The van der Waals surface area contributed by atoms with Crippen LogP contribution in [0.15, 0.2) is 22.8 Å². The van der Waals surface area contributed by atoms with Gasteiger partial charge in [-0.05, 0) is 31.9 Å². The van der Waals surface area contributed by atoms with Crippen molar-refractivity contribution < 1.29 is 14.0 Å². The zero-order chi connectivity index (χ0) is 14.0. The Hall–Kier alpha value is -1.78. The minimum Gasteiger partial charge on any atom is -0.467 e. The van der Waals surface area contributed by atoms with Crippen LogP contribution in [0.1, 0.15) is 39.4 Å². The first-order valence-electron chi connectivity index (χ1n) is 6.67. The van der Waals surface area contributed by atoms with Gasteiger partial charge in [-0.1, -0.05) is 13.8 Å². The fourth-order valence-electron chi connectivity index (χ4n) is 2.41. The van der Waals surface area contributed by atoms with E-state index in [1.54, 1.807) is 24.2 Å². The molecule has 0 saturated carbocycles. The van der Waals surface area contributed by atoms with Gasteiger partial charge < -0.3 is 14.6 Å². The van der Waals surface area contributed by atoms with Crippen LogP contribution in [-0.2, 0) is 16.1 Å². The van der Waals surface area contributed by atoms with Gasteiger partial charge in [0.1, 0.15) is 17.3 Å². The van der Waals surface area contributed by atoms with Crippen LogP contribution in [0.4, 0.5) is 0 Å². The zero-order valence-electron chi connectivity index (χ0n) is 11.6. The molecule has 19 heavy (non-hydrogen) atoms. The third-order valence-electron chi connectivity index (χ3n) is 3.81. The Morgan fingerprint density at radius 1 is 1.42 bits per heavy atom. The highest BCUT2D eigenvalue weighted by Crippen LogP contribution is 2.24. The van der Waals surface area contributed by atoms with Gasteiger partial charge in [-0.3, -0.25) is 9.59 Å². The third-order valence-corrected chi connectivity index (χ3v) is 3.81. The molecular weight excluding hydrogens is 244 g/mol. The quantitative estimate of drug-likeness (QED) is 0.900. The molecule has 1 aromatic rings. The summed E-state index contributed by atoms with van der Waals surface area (Å²) >= 11 is 0. The first-order chi connectivity index (χ1) is 9.01. The van der Waals surface area contributed by atoms with Crippen molar-refractivity contribution in [3.63, 3.8) is 0 Å². The number of nitrogens with zero attached hydrogens (tertiary/aromatic N) is 1. The molecule has 1 aliphatic rings. The molecule has 5 heteroatoms. The number of carbonyl (C=O) groups excluding carboxylic acids is 2. The number of carbonyl (C=O) groups is 2. The summed E-state index contributed by atoms with van der Waals surface area (Å²) < 4.78 is 5.29. The van der Waals surface area contributed by atoms with Crippen molar-refractivity contribution in [2.45, 2.75) is 51.7 Å². The zero-order valence-corrected chi connectivity index (χ0v) is 11.6. The maximum absolute atomic E-state index is 12.6. The second-order valence-corrected chi connectivity index (χ2v) is 5.11. The summed E-state index contributed by atoms with van der Waals surface area (Å²) in [6.07, 6.45) is 2.74. The van der Waals surface area contributed by atoms with Gasteiger partial charge in [0.25, 0.3) is 0 Å². The molecule has 2 amide bonds. The molecule has 1 fully saturated rings. The van der Waals surface area contributed by atoms with Gasteiger partial charge in [-0.25, -0.2) is 0 Å². The van der Waals surface area contributed by atoms with Crippen LogP contribution in [0.5, 0.6) is 0 Å². The fourth-order valence-corrected chi connectivity index (χ4v) is 2.41. The molecule has 2 atom stereocenters. The van der Waals surface area contributed by atoms with E-state index in [1.807, 2.05) is 19.9 Å². The number of nitrogens with one attached hydrogen (secondary N) is 1. The molecule has 1 aromatic heterocycles. The predicted octanol–water partition coefficient (Wildman–Crippen LogP) is 1.69. The van der Waals surface area contributed by atoms with Gasteiger partial charge in [-0.15, -0.1) is 0 Å². The molecule has 2 heterocycles. The number of furan rings is 1. The normalized spacial score (nSPS) is 27.5. The molecule has 1 N–H and O–H groups in total.